The molecule has 1 aromatic rings. The van der Waals surface area contributed by atoms with Crippen LogP contribution in [0.25, 0.3) is 0 Å². The van der Waals surface area contributed by atoms with Crippen molar-refractivity contribution in [2.45, 2.75) is 45.2 Å². The normalized spacial score (nSPS) is 14.4. The summed E-state index contributed by atoms with van der Waals surface area (Å²) in [6, 6.07) is 3.78. The Hall–Kier alpha value is -0.870. The van der Waals surface area contributed by atoms with Gasteiger partial charge >= 0.3 is 0 Å². The van der Waals surface area contributed by atoms with Crippen molar-refractivity contribution >= 4 is 17.2 Å². The highest BCUT2D eigenvalue weighted by molar-refractivity contribution is 7.10. The fraction of sp³-hybridized carbons (Fsp3) is 0.583. The Balaban J connectivity index is 2.54. The number of carbonyl (C=O) groups excluding carboxylic acids is 1. The second-order valence-corrected chi connectivity index (χ2v) is 4.86. The van der Waals surface area contributed by atoms with Gasteiger partial charge in [0.15, 0.2) is 0 Å². The summed E-state index contributed by atoms with van der Waals surface area (Å²) in [6.07, 6.45) is 2.57. The van der Waals surface area contributed by atoms with E-state index in [-0.39, 0.29) is 18.0 Å². The lowest BCUT2D eigenvalue weighted by atomic mass is 10.1. The molecule has 0 saturated heterocycles. The number of amides is 1. The van der Waals surface area contributed by atoms with Crippen LogP contribution in [0.3, 0.4) is 0 Å². The lowest BCUT2D eigenvalue weighted by Crippen LogP contribution is -2.41. The number of carbonyl (C=O) groups is 1. The maximum absolute atomic E-state index is 11.8. The Morgan fingerprint density at radius 2 is 2.31 bits per heavy atom. The van der Waals surface area contributed by atoms with Crippen LogP contribution in [0.1, 0.15) is 44.0 Å². The molecule has 1 unspecified atom stereocenters. The highest BCUT2D eigenvalue weighted by Crippen LogP contribution is 2.21. The van der Waals surface area contributed by atoms with Crippen LogP contribution >= 0.6 is 11.3 Å². The van der Waals surface area contributed by atoms with E-state index >= 15 is 0 Å². The lowest BCUT2D eigenvalue weighted by Gasteiger charge is -2.18. The van der Waals surface area contributed by atoms with Crippen molar-refractivity contribution in [1.29, 1.82) is 0 Å². The summed E-state index contributed by atoms with van der Waals surface area (Å²) in [5, 5.41) is 5.02. The van der Waals surface area contributed by atoms with E-state index in [0.29, 0.717) is 0 Å². The second-order valence-electron chi connectivity index (χ2n) is 3.88. The standard InChI is InChI=1S/C12H20N2OS/c1-3-6-9(13)12(15)14-10(4-2)11-7-5-8-16-11/h5,7-10H,3-4,6,13H2,1-2H3,(H,14,15)/t9-,10?/m1/s1. The fourth-order valence-electron chi connectivity index (χ4n) is 1.58. The van der Waals surface area contributed by atoms with E-state index in [1.165, 1.54) is 4.88 Å². The molecule has 2 atom stereocenters. The molecule has 0 spiro atoms. The number of nitrogens with two attached hydrogens (primary N) is 1. The first-order valence-corrected chi connectivity index (χ1v) is 6.66. The zero-order chi connectivity index (χ0) is 12.0. The molecule has 0 fully saturated rings. The smallest absolute Gasteiger partial charge is 0.237 e. The van der Waals surface area contributed by atoms with E-state index in [4.69, 9.17) is 5.73 Å². The van der Waals surface area contributed by atoms with Crippen LogP contribution in [0, 0.1) is 0 Å². The number of thiophene rings is 1. The van der Waals surface area contributed by atoms with Crippen LogP contribution in [0.15, 0.2) is 17.5 Å². The third-order valence-electron chi connectivity index (χ3n) is 2.55. The Bertz CT molecular complexity index is 311. The Labute approximate surface area is 101 Å². The summed E-state index contributed by atoms with van der Waals surface area (Å²) in [5.74, 6) is -0.0397. The van der Waals surface area contributed by atoms with Gasteiger partial charge in [0.2, 0.25) is 5.91 Å². The van der Waals surface area contributed by atoms with Gasteiger partial charge in [-0.25, -0.2) is 0 Å². The zero-order valence-electron chi connectivity index (χ0n) is 9.90. The first kappa shape index (κ1) is 13.2. The van der Waals surface area contributed by atoms with Crippen molar-refractivity contribution in [2.75, 3.05) is 0 Å². The minimum absolute atomic E-state index is 0.0397. The van der Waals surface area contributed by atoms with Crippen LogP contribution in [0.2, 0.25) is 0 Å². The highest BCUT2D eigenvalue weighted by Gasteiger charge is 2.17. The third kappa shape index (κ3) is 3.61. The predicted octanol–water partition coefficient (Wildman–Crippen LogP) is 2.44. The second kappa shape index (κ2) is 6.66. The monoisotopic (exact) mass is 240 g/mol. The van der Waals surface area contributed by atoms with Crippen LogP contribution < -0.4 is 11.1 Å². The summed E-state index contributed by atoms with van der Waals surface area (Å²) in [7, 11) is 0. The molecule has 0 aliphatic rings. The summed E-state index contributed by atoms with van der Waals surface area (Å²) in [6.45, 7) is 4.10. The molecule has 0 aliphatic heterocycles. The van der Waals surface area contributed by atoms with Crippen molar-refractivity contribution in [2.24, 2.45) is 5.73 Å². The number of rotatable bonds is 6. The summed E-state index contributed by atoms with van der Waals surface area (Å²) in [5.41, 5.74) is 5.78. The molecule has 1 heterocycles. The molecular weight excluding hydrogens is 220 g/mol. The Morgan fingerprint density at radius 1 is 1.56 bits per heavy atom. The van der Waals surface area contributed by atoms with E-state index in [2.05, 4.69) is 12.2 Å². The van der Waals surface area contributed by atoms with E-state index in [1.54, 1.807) is 11.3 Å². The van der Waals surface area contributed by atoms with Crippen LogP contribution in [0.5, 0.6) is 0 Å². The number of hydrogen-bond donors (Lipinski definition) is 2. The third-order valence-corrected chi connectivity index (χ3v) is 3.53. The van der Waals surface area contributed by atoms with Gasteiger partial charge in [-0.3, -0.25) is 4.79 Å². The van der Waals surface area contributed by atoms with Gasteiger partial charge < -0.3 is 11.1 Å². The Kier molecular flexibility index (Phi) is 5.49. The molecule has 0 saturated carbocycles. The van der Waals surface area contributed by atoms with Crippen molar-refractivity contribution in [3.05, 3.63) is 22.4 Å². The van der Waals surface area contributed by atoms with Gasteiger partial charge in [0, 0.05) is 4.88 Å². The molecule has 1 amide bonds. The minimum atomic E-state index is -0.376. The van der Waals surface area contributed by atoms with Crippen LogP contribution in [-0.2, 0) is 4.79 Å². The zero-order valence-corrected chi connectivity index (χ0v) is 10.7. The fourth-order valence-corrected chi connectivity index (χ4v) is 2.45. The number of nitrogens with one attached hydrogen (secondary N) is 1. The average Bonchev–Trinajstić information content (AvgIpc) is 2.79. The Morgan fingerprint density at radius 3 is 2.81 bits per heavy atom. The summed E-state index contributed by atoms with van der Waals surface area (Å²) >= 11 is 1.67. The summed E-state index contributed by atoms with van der Waals surface area (Å²) in [4.78, 5) is 13.0. The average molecular weight is 240 g/mol. The predicted molar refractivity (Wildman–Crippen MR) is 68.4 cm³/mol. The van der Waals surface area contributed by atoms with Gasteiger partial charge in [-0.15, -0.1) is 11.3 Å². The first-order valence-electron chi connectivity index (χ1n) is 5.78. The molecule has 4 heteroatoms. The van der Waals surface area contributed by atoms with Crippen molar-refractivity contribution < 1.29 is 4.79 Å². The first-order chi connectivity index (χ1) is 7.69. The molecule has 90 valence electrons. The molecule has 3 N–H and O–H groups in total. The van der Waals surface area contributed by atoms with Crippen molar-refractivity contribution in [3.8, 4) is 0 Å². The van der Waals surface area contributed by atoms with E-state index in [9.17, 15) is 4.79 Å². The maximum atomic E-state index is 11.8. The maximum Gasteiger partial charge on any atom is 0.237 e. The molecule has 16 heavy (non-hydrogen) atoms. The van der Waals surface area contributed by atoms with Gasteiger partial charge in [-0.05, 0) is 24.3 Å². The van der Waals surface area contributed by atoms with Gasteiger partial charge in [0.1, 0.15) is 0 Å². The van der Waals surface area contributed by atoms with Crippen LogP contribution in [-0.4, -0.2) is 11.9 Å². The van der Waals surface area contributed by atoms with Gasteiger partial charge in [-0.1, -0.05) is 26.3 Å². The number of hydrogen-bond acceptors (Lipinski definition) is 3. The van der Waals surface area contributed by atoms with E-state index < -0.39 is 0 Å². The van der Waals surface area contributed by atoms with Crippen molar-refractivity contribution in [1.82, 2.24) is 5.32 Å². The van der Waals surface area contributed by atoms with Gasteiger partial charge in [-0.2, -0.15) is 0 Å². The molecule has 0 bridgehead atoms. The lowest BCUT2D eigenvalue weighted by molar-refractivity contribution is -0.123. The van der Waals surface area contributed by atoms with Crippen LogP contribution in [0.4, 0.5) is 0 Å². The van der Waals surface area contributed by atoms with E-state index in [1.807, 2.05) is 24.4 Å². The van der Waals surface area contributed by atoms with Crippen molar-refractivity contribution in [3.63, 3.8) is 0 Å². The SMILES string of the molecule is CCC[C@@H](N)C(=O)NC(CC)c1cccs1. The summed E-state index contributed by atoms with van der Waals surface area (Å²) < 4.78 is 0. The van der Waals surface area contributed by atoms with Gasteiger partial charge in [0.25, 0.3) is 0 Å². The molecule has 0 radical (unpaired) electrons. The molecule has 3 nitrogen and oxygen atoms in total. The molecular formula is C12H20N2OS. The molecule has 1 rings (SSSR count). The quantitative estimate of drug-likeness (QED) is 0.802. The topological polar surface area (TPSA) is 55.1 Å². The minimum Gasteiger partial charge on any atom is -0.347 e. The van der Waals surface area contributed by atoms with E-state index in [0.717, 1.165) is 19.3 Å². The van der Waals surface area contributed by atoms with Gasteiger partial charge in [0.05, 0.1) is 12.1 Å². The largest absolute Gasteiger partial charge is 0.347 e. The molecule has 0 aromatic carbocycles. The molecule has 1 aromatic heterocycles. The highest BCUT2D eigenvalue weighted by atomic mass is 32.1. The molecule has 0 aliphatic carbocycles.